The van der Waals surface area contributed by atoms with Gasteiger partial charge in [-0.05, 0) is 31.2 Å². The average Bonchev–Trinajstić information content (AvgIpc) is 2.54. The molecular weight excluding hydrogens is 276 g/mol. The van der Waals surface area contributed by atoms with Crippen LogP contribution in [0.4, 0.5) is 5.69 Å². The van der Waals surface area contributed by atoms with E-state index in [1.807, 2.05) is 30.3 Å². The normalized spacial score (nSPS) is 10.2. The standard InChI is InChI=1S/C17H12N4O/c1-11-16(20-15-9-5-4-8-14(15)19-11)17(22)21-13-7-3-2-6-12(13)10-18/h2-9H,1H3,(H,21,22). The van der Waals surface area contributed by atoms with Crippen LogP contribution in [-0.2, 0) is 0 Å². The third-order valence-corrected chi connectivity index (χ3v) is 3.26. The highest BCUT2D eigenvalue weighted by Gasteiger charge is 2.15. The summed E-state index contributed by atoms with van der Waals surface area (Å²) in [6.07, 6.45) is 0. The van der Waals surface area contributed by atoms with Crippen molar-refractivity contribution in [2.45, 2.75) is 6.92 Å². The average molecular weight is 288 g/mol. The zero-order chi connectivity index (χ0) is 15.5. The number of hydrogen-bond donors (Lipinski definition) is 1. The second-order valence-corrected chi connectivity index (χ2v) is 4.76. The van der Waals surface area contributed by atoms with Crippen LogP contribution in [0.2, 0.25) is 0 Å². The second-order valence-electron chi connectivity index (χ2n) is 4.76. The third kappa shape index (κ3) is 2.50. The molecule has 0 unspecified atom stereocenters. The van der Waals surface area contributed by atoms with Crippen LogP contribution in [0.15, 0.2) is 48.5 Å². The molecule has 106 valence electrons. The molecule has 1 heterocycles. The minimum absolute atomic E-state index is 0.256. The van der Waals surface area contributed by atoms with Crippen molar-refractivity contribution in [3.05, 3.63) is 65.5 Å². The molecule has 5 nitrogen and oxygen atoms in total. The molecule has 5 heteroatoms. The van der Waals surface area contributed by atoms with Crippen molar-refractivity contribution in [3.8, 4) is 6.07 Å². The summed E-state index contributed by atoms with van der Waals surface area (Å²) in [5.41, 5.74) is 3.07. The van der Waals surface area contributed by atoms with Crippen molar-refractivity contribution in [3.63, 3.8) is 0 Å². The van der Waals surface area contributed by atoms with Crippen molar-refractivity contribution >= 4 is 22.6 Å². The molecule has 0 radical (unpaired) electrons. The number of nitrogens with one attached hydrogen (secondary N) is 1. The molecule has 0 saturated carbocycles. The van der Waals surface area contributed by atoms with E-state index in [1.54, 1.807) is 31.2 Å². The van der Waals surface area contributed by atoms with Crippen molar-refractivity contribution in [2.75, 3.05) is 5.32 Å². The fourth-order valence-electron chi connectivity index (χ4n) is 2.17. The van der Waals surface area contributed by atoms with E-state index >= 15 is 0 Å². The van der Waals surface area contributed by atoms with E-state index < -0.39 is 0 Å². The van der Waals surface area contributed by atoms with Crippen molar-refractivity contribution < 1.29 is 4.79 Å². The number of amides is 1. The van der Waals surface area contributed by atoms with E-state index in [0.717, 1.165) is 5.52 Å². The number of aromatic nitrogens is 2. The largest absolute Gasteiger partial charge is 0.319 e. The molecule has 0 spiro atoms. The van der Waals surface area contributed by atoms with Gasteiger partial charge in [-0.2, -0.15) is 5.26 Å². The summed E-state index contributed by atoms with van der Waals surface area (Å²) in [6.45, 7) is 1.74. The Hall–Kier alpha value is -3.26. The smallest absolute Gasteiger partial charge is 0.276 e. The van der Waals surface area contributed by atoms with Crippen LogP contribution in [-0.4, -0.2) is 15.9 Å². The number of hydrogen-bond acceptors (Lipinski definition) is 4. The van der Waals surface area contributed by atoms with E-state index in [0.29, 0.717) is 22.5 Å². The third-order valence-electron chi connectivity index (χ3n) is 3.26. The molecule has 0 fully saturated rings. The van der Waals surface area contributed by atoms with E-state index in [-0.39, 0.29) is 11.6 Å². The second kappa shape index (κ2) is 5.62. The molecule has 0 aliphatic carbocycles. The van der Waals surface area contributed by atoms with Crippen LogP contribution in [0.3, 0.4) is 0 Å². The zero-order valence-electron chi connectivity index (χ0n) is 11.9. The number of carbonyl (C=O) groups is 1. The van der Waals surface area contributed by atoms with Gasteiger partial charge in [0.2, 0.25) is 0 Å². The summed E-state index contributed by atoms with van der Waals surface area (Å²) in [4.78, 5) is 21.2. The number of fused-ring (bicyclic) bond motifs is 1. The van der Waals surface area contributed by atoms with E-state index in [1.165, 1.54) is 0 Å². The number of benzene rings is 2. The molecular formula is C17H12N4O. The number of nitriles is 1. The monoisotopic (exact) mass is 288 g/mol. The van der Waals surface area contributed by atoms with Gasteiger partial charge in [0.25, 0.3) is 5.91 Å². The minimum atomic E-state index is -0.376. The first-order valence-corrected chi connectivity index (χ1v) is 6.73. The van der Waals surface area contributed by atoms with Crippen molar-refractivity contribution in [1.29, 1.82) is 5.26 Å². The van der Waals surface area contributed by atoms with Gasteiger partial charge in [-0.15, -0.1) is 0 Å². The maximum Gasteiger partial charge on any atom is 0.276 e. The van der Waals surface area contributed by atoms with Gasteiger partial charge in [0, 0.05) is 0 Å². The Balaban J connectivity index is 1.99. The van der Waals surface area contributed by atoms with Gasteiger partial charge in [0.1, 0.15) is 11.8 Å². The van der Waals surface area contributed by atoms with E-state index in [9.17, 15) is 4.79 Å². The van der Waals surface area contributed by atoms with Crippen LogP contribution in [0.25, 0.3) is 11.0 Å². The molecule has 1 amide bonds. The number of anilines is 1. The molecule has 0 bridgehead atoms. The Morgan fingerprint density at radius 2 is 1.68 bits per heavy atom. The van der Waals surface area contributed by atoms with Crippen LogP contribution in [0.5, 0.6) is 0 Å². The lowest BCUT2D eigenvalue weighted by molar-refractivity contribution is 0.102. The van der Waals surface area contributed by atoms with E-state index in [4.69, 9.17) is 5.26 Å². The Morgan fingerprint density at radius 1 is 1.05 bits per heavy atom. The molecule has 2 aromatic carbocycles. The molecule has 1 N–H and O–H groups in total. The Bertz CT molecular complexity index is 912. The van der Waals surface area contributed by atoms with Gasteiger partial charge in [0.15, 0.2) is 0 Å². The highest BCUT2D eigenvalue weighted by atomic mass is 16.1. The number of nitrogens with zero attached hydrogens (tertiary/aromatic N) is 3. The molecule has 0 atom stereocenters. The van der Waals surface area contributed by atoms with Crippen LogP contribution < -0.4 is 5.32 Å². The van der Waals surface area contributed by atoms with Crippen LogP contribution in [0, 0.1) is 18.3 Å². The zero-order valence-corrected chi connectivity index (χ0v) is 11.9. The maximum atomic E-state index is 12.4. The van der Waals surface area contributed by atoms with Crippen molar-refractivity contribution in [2.24, 2.45) is 0 Å². The Kier molecular flexibility index (Phi) is 3.50. The summed E-state index contributed by atoms with van der Waals surface area (Å²) < 4.78 is 0. The molecule has 22 heavy (non-hydrogen) atoms. The summed E-state index contributed by atoms with van der Waals surface area (Å²) in [6, 6.07) is 16.3. The first-order chi connectivity index (χ1) is 10.7. The molecule has 3 rings (SSSR count). The Labute approximate surface area is 127 Å². The number of rotatable bonds is 2. The fourth-order valence-corrected chi connectivity index (χ4v) is 2.17. The van der Waals surface area contributed by atoms with Crippen molar-refractivity contribution in [1.82, 2.24) is 9.97 Å². The first kappa shape index (κ1) is 13.7. The highest BCUT2D eigenvalue weighted by Crippen LogP contribution is 2.17. The molecule has 1 aromatic heterocycles. The first-order valence-electron chi connectivity index (χ1n) is 6.73. The van der Waals surface area contributed by atoms with Gasteiger partial charge >= 0.3 is 0 Å². The van der Waals surface area contributed by atoms with Gasteiger partial charge in [-0.25, -0.2) is 9.97 Å². The van der Waals surface area contributed by atoms with Gasteiger partial charge in [-0.3, -0.25) is 4.79 Å². The molecule has 0 aliphatic rings. The lowest BCUT2D eigenvalue weighted by atomic mass is 10.2. The van der Waals surface area contributed by atoms with Crippen LogP contribution >= 0.6 is 0 Å². The van der Waals surface area contributed by atoms with Gasteiger partial charge < -0.3 is 5.32 Å². The van der Waals surface area contributed by atoms with E-state index in [2.05, 4.69) is 15.3 Å². The summed E-state index contributed by atoms with van der Waals surface area (Å²) in [5.74, 6) is -0.376. The molecule has 3 aromatic rings. The van der Waals surface area contributed by atoms with Crippen LogP contribution in [0.1, 0.15) is 21.7 Å². The summed E-state index contributed by atoms with van der Waals surface area (Å²) >= 11 is 0. The predicted molar refractivity (Wildman–Crippen MR) is 83.4 cm³/mol. The number of carbonyl (C=O) groups excluding carboxylic acids is 1. The SMILES string of the molecule is Cc1nc2ccccc2nc1C(=O)Nc1ccccc1C#N. The number of aryl methyl sites for hydroxylation is 1. The fraction of sp³-hybridized carbons (Fsp3) is 0.0588. The quantitative estimate of drug-likeness (QED) is 0.786. The topological polar surface area (TPSA) is 78.7 Å². The van der Waals surface area contributed by atoms with Gasteiger partial charge in [-0.1, -0.05) is 24.3 Å². The predicted octanol–water partition coefficient (Wildman–Crippen LogP) is 3.06. The summed E-state index contributed by atoms with van der Waals surface area (Å²) in [7, 11) is 0. The Morgan fingerprint density at radius 3 is 2.41 bits per heavy atom. The minimum Gasteiger partial charge on any atom is -0.319 e. The highest BCUT2D eigenvalue weighted by molar-refractivity contribution is 6.05. The lowest BCUT2D eigenvalue weighted by Crippen LogP contribution is -2.17. The lowest BCUT2D eigenvalue weighted by Gasteiger charge is -2.08. The molecule has 0 saturated heterocycles. The summed E-state index contributed by atoms with van der Waals surface area (Å²) in [5, 5.41) is 11.8. The van der Waals surface area contributed by atoms with Gasteiger partial charge in [0.05, 0.1) is 28.0 Å². The maximum absolute atomic E-state index is 12.4. The number of para-hydroxylation sites is 3. The molecule has 0 aliphatic heterocycles.